The second-order valence-electron chi connectivity index (χ2n) is 2.69. The minimum atomic E-state index is -0.514. The molecule has 0 bridgehead atoms. The highest BCUT2D eigenvalue weighted by Crippen LogP contribution is 2.22. The predicted octanol–water partition coefficient (Wildman–Crippen LogP) is 1.97. The number of rotatable bonds is 3. The smallest absolute Gasteiger partial charge is 0.341 e. The second kappa shape index (κ2) is 4.28. The zero-order valence-electron chi connectivity index (χ0n) is 7.89. The molecule has 0 aliphatic heterocycles. The number of aromatic nitrogens is 1. The van der Waals surface area contributed by atoms with Gasteiger partial charge in [-0.05, 0) is 19.4 Å². The molecule has 0 spiro atoms. The van der Waals surface area contributed by atoms with Gasteiger partial charge in [-0.1, -0.05) is 11.6 Å². The maximum absolute atomic E-state index is 11.4. The Labute approximate surface area is 86.2 Å². The number of H-pyrrole nitrogens is 1. The Morgan fingerprint density at radius 2 is 2.29 bits per heavy atom. The molecule has 0 amide bonds. The SMILES string of the molecule is CCOC(=O)c1c(Cl)[nH]c(C=O)c1C. The number of aldehydes is 1. The highest BCUT2D eigenvalue weighted by molar-refractivity contribution is 6.33. The molecule has 1 rings (SSSR count). The van der Waals surface area contributed by atoms with Gasteiger partial charge in [-0.15, -0.1) is 0 Å². The van der Waals surface area contributed by atoms with Crippen LogP contribution >= 0.6 is 11.6 Å². The van der Waals surface area contributed by atoms with Crippen molar-refractivity contribution in [3.8, 4) is 0 Å². The van der Waals surface area contributed by atoms with Crippen molar-refractivity contribution in [3.05, 3.63) is 22.0 Å². The summed E-state index contributed by atoms with van der Waals surface area (Å²) in [7, 11) is 0. The quantitative estimate of drug-likeness (QED) is 0.620. The number of ether oxygens (including phenoxy) is 1. The van der Waals surface area contributed by atoms with Crippen LogP contribution in [0.3, 0.4) is 0 Å². The first-order chi connectivity index (χ1) is 6.61. The second-order valence-corrected chi connectivity index (χ2v) is 3.07. The van der Waals surface area contributed by atoms with E-state index in [1.54, 1.807) is 13.8 Å². The summed E-state index contributed by atoms with van der Waals surface area (Å²) in [5.41, 5.74) is 1.05. The van der Waals surface area contributed by atoms with Gasteiger partial charge in [-0.2, -0.15) is 0 Å². The van der Waals surface area contributed by atoms with Crippen molar-refractivity contribution in [3.63, 3.8) is 0 Å². The molecule has 4 nitrogen and oxygen atoms in total. The van der Waals surface area contributed by atoms with Gasteiger partial charge in [0.1, 0.15) is 5.15 Å². The van der Waals surface area contributed by atoms with Gasteiger partial charge in [0.05, 0.1) is 17.9 Å². The third-order valence-corrected chi connectivity index (χ3v) is 2.12. The van der Waals surface area contributed by atoms with Crippen LogP contribution < -0.4 is 0 Å². The average Bonchev–Trinajstić information content (AvgIpc) is 2.41. The Hall–Kier alpha value is -1.29. The number of esters is 1. The largest absolute Gasteiger partial charge is 0.462 e. The number of carbonyl (C=O) groups excluding carboxylic acids is 2. The maximum atomic E-state index is 11.4. The monoisotopic (exact) mass is 215 g/mol. The molecule has 5 heteroatoms. The summed E-state index contributed by atoms with van der Waals surface area (Å²) in [5.74, 6) is -0.514. The van der Waals surface area contributed by atoms with E-state index in [9.17, 15) is 9.59 Å². The number of carbonyl (C=O) groups is 2. The van der Waals surface area contributed by atoms with Crippen LogP contribution in [-0.2, 0) is 4.74 Å². The molecule has 0 saturated carbocycles. The fourth-order valence-electron chi connectivity index (χ4n) is 1.14. The van der Waals surface area contributed by atoms with Crippen molar-refractivity contribution in [1.82, 2.24) is 4.98 Å². The summed E-state index contributed by atoms with van der Waals surface area (Å²) in [6.45, 7) is 3.61. The van der Waals surface area contributed by atoms with E-state index in [0.29, 0.717) is 17.5 Å². The van der Waals surface area contributed by atoms with Crippen LogP contribution in [0.15, 0.2) is 0 Å². The van der Waals surface area contributed by atoms with E-state index in [1.165, 1.54) is 0 Å². The molecule has 1 heterocycles. The minimum Gasteiger partial charge on any atom is -0.462 e. The molecular weight excluding hydrogens is 206 g/mol. The standard InChI is InChI=1S/C9H10ClNO3/c1-3-14-9(13)7-5(2)6(4-12)11-8(7)10/h4,11H,3H2,1-2H3. The number of aromatic amines is 1. The van der Waals surface area contributed by atoms with E-state index in [1.807, 2.05) is 0 Å². The minimum absolute atomic E-state index is 0.142. The molecule has 76 valence electrons. The van der Waals surface area contributed by atoms with Crippen molar-refractivity contribution < 1.29 is 14.3 Å². The lowest BCUT2D eigenvalue weighted by molar-refractivity contribution is 0.0526. The summed E-state index contributed by atoms with van der Waals surface area (Å²) < 4.78 is 4.79. The van der Waals surface area contributed by atoms with Gasteiger partial charge in [0.2, 0.25) is 0 Å². The topological polar surface area (TPSA) is 59.2 Å². The number of hydrogen-bond acceptors (Lipinski definition) is 3. The normalized spacial score (nSPS) is 9.93. The molecule has 1 aromatic rings. The van der Waals surface area contributed by atoms with Crippen LogP contribution in [0.25, 0.3) is 0 Å². The van der Waals surface area contributed by atoms with Gasteiger partial charge in [-0.3, -0.25) is 4.79 Å². The molecule has 0 radical (unpaired) electrons. The van der Waals surface area contributed by atoms with Crippen LogP contribution in [0, 0.1) is 6.92 Å². The molecule has 14 heavy (non-hydrogen) atoms. The molecule has 0 fully saturated rings. The zero-order valence-corrected chi connectivity index (χ0v) is 8.64. The molecule has 0 saturated heterocycles. The molecule has 0 atom stereocenters. The Morgan fingerprint density at radius 3 is 2.71 bits per heavy atom. The van der Waals surface area contributed by atoms with Crippen LogP contribution in [0.5, 0.6) is 0 Å². The van der Waals surface area contributed by atoms with Crippen LogP contribution in [-0.4, -0.2) is 23.8 Å². The van der Waals surface area contributed by atoms with Crippen LogP contribution in [0.2, 0.25) is 5.15 Å². The van der Waals surface area contributed by atoms with E-state index in [0.717, 1.165) is 0 Å². The molecule has 0 aliphatic carbocycles. The van der Waals surface area contributed by atoms with Gasteiger partial charge in [0.25, 0.3) is 0 Å². The van der Waals surface area contributed by atoms with Gasteiger partial charge in [0, 0.05) is 0 Å². The zero-order chi connectivity index (χ0) is 10.7. The maximum Gasteiger partial charge on any atom is 0.341 e. The third-order valence-electron chi connectivity index (χ3n) is 1.84. The van der Waals surface area contributed by atoms with E-state index < -0.39 is 5.97 Å². The lowest BCUT2D eigenvalue weighted by atomic mass is 10.2. The lowest BCUT2D eigenvalue weighted by Crippen LogP contribution is -2.05. The summed E-state index contributed by atoms with van der Waals surface area (Å²) >= 11 is 5.74. The van der Waals surface area contributed by atoms with Crippen LogP contribution in [0.4, 0.5) is 0 Å². The Balaban J connectivity index is 3.13. The molecular formula is C9H10ClNO3. The highest BCUT2D eigenvalue weighted by Gasteiger charge is 2.19. The molecule has 0 unspecified atom stereocenters. The fourth-order valence-corrected chi connectivity index (χ4v) is 1.46. The van der Waals surface area contributed by atoms with Crippen molar-refractivity contribution in [2.45, 2.75) is 13.8 Å². The lowest BCUT2D eigenvalue weighted by Gasteiger charge is -2.00. The van der Waals surface area contributed by atoms with Crippen molar-refractivity contribution in [2.24, 2.45) is 0 Å². The molecule has 1 aromatic heterocycles. The van der Waals surface area contributed by atoms with Gasteiger partial charge < -0.3 is 9.72 Å². The number of halogens is 1. The van der Waals surface area contributed by atoms with Crippen molar-refractivity contribution in [1.29, 1.82) is 0 Å². The average molecular weight is 216 g/mol. The summed E-state index contributed by atoms with van der Waals surface area (Å²) in [6.07, 6.45) is 0.615. The third kappa shape index (κ3) is 1.80. The van der Waals surface area contributed by atoms with Gasteiger partial charge >= 0.3 is 5.97 Å². The first-order valence-electron chi connectivity index (χ1n) is 4.12. The highest BCUT2D eigenvalue weighted by atomic mass is 35.5. The van der Waals surface area contributed by atoms with E-state index in [4.69, 9.17) is 16.3 Å². The first-order valence-corrected chi connectivity index (χ1v) is 4.50. The molecule has 1 N–H and O–H groups in total. The van der Waals surface area contributed by atoms with E-state index in [2.05, 4.69) is 4.98 Å². The number of hydrogen-bond donors (Lipinski definition) is 1. The summed E-state index contributed by atoms with van der Waals surface area (Å²) in [4.78, 5) is 24.5. The Kier molecular flexibility index (Phi) is 3.30. The van der Waals surface area contributed by atoms with Gasteiger partial charge in [0.15, 0.2) is 6.29 Å². The summed E-state index contributed by atoms with van der Waals surface area (Å²) in [6, 6.07) is 0. The fraction of sp³-hybridized carbons (Fsp3) is 0.333. The van der Waals surface area contributed by atoms with Gasteiger partial charge in [-0.25, -0.2) is 4.79 Å². The van der Waals surface area contributed by atoms with Crippen molar-refractivity contribution in [2.75, 3.05) is 6.61 Å². The Bertz CT molecular complexity index is 370. The van der Waals surface area contributed by atoms with E-state index in [-0.39, 0.29) is 17.3 Å². The van der Waals surface area contributed by atoms with Crippen molar-refractivity contribution >= 4 is 23.9 Å². The molecule has 0 aliphatic rings. The Morgan fingerprint density at radius 1 is 1.64 bits per heavy atom. The molecule has 0 aromatic carbocycles. The summed E-state index contributed by atoms with van der Waals surface area (Å²) in [5, 5.41) is 0.142. The number of nitrogens with one attached hydrogen (secondary N) is 1. The van der Waals surface area contributed by atoms with E-state index >= 15 is 0 Å². The first kappa shape index (κ1) is 10.8. The predicted molar refractivity (Wildman–Crippen MR) is 51.9 cm³/mol. The van der Waals surface area contributed by atoms with Crippen LogP contribution in [0.1, 0.15) is 33.3 Å².